The predicted octanol–water partition coefficient (Wildman–Crippen LogP) is 1.90. The van der Waals surface area contributed by atoms with Gasteiger partial charge in [-0.1, -0.05) is 6.92 Å². The molecule has 16 heavy (non-hydrogen) atoms. The molecule has 86 valence electrons. The minimum atomic E-state index is 0.512. The number of hydrogen-bond acceptors (Lipinski definition) is 3. The molecule has 0 spiro atoms. The van der Waals surface area contributed by atoms with Gasteiger partial charge >= 0.3 is 0 Å². The van der Waals surface area contributed by atoms with Gasteiger partial charge in [0, 0.05) is 23.2 Å². The van der Waals surface area contributed by atoms with E-state index in [1.807, 2.05) is 0 Å². The van der Waals surface area contributed by atoms with Crippen LogP contribution in [0.5, 0.6) is 0 Å². The van der Waals surface area contributed by atoms with Crippen LogP contribution < -0.4 is 5.73 Å². The average molecular weight is 217 g/mol. The summed E-state index contributed by atoms with van der Waals surface area (Å²) >= 11 is 0. The molecule has 1 aromatic rings. The number of aromatic nitrogens is 2. The summed E-state index contributed by atoms with van der Waals surface area (Å²) in [5, 5.41) is 0. The Morgan fingerprint density at radius 3 is 2.69 bits per heavy atom. The first-order valence-corrected chi connectivity index (χ1v) is 6.43. The second-order valence-corrected chi connectivity index (χ2v) is 4.99. The number of nitrogens with two attached hydrogens (primary N) is 1. The van der Waals surface area contributed by atoms with Crippen LogP contribution in [0.4, 0.5) is 0 Å². The van der Waals surface area contributed by atoms with E-state index < -0.39 is 0 Å². The van der Waals surface area contributed by atoms with E-state index in [-0.39, 0.29) is 0 Å². The number of rotatable bonds is 3. The molecule has 3 heteroatoms. The molecule has 2 aliphatic rings. The third-order valence-corrected chi connectivity index (χ3v) is 3.82. The first-order chi connectivity index (χ1) is 7.83. The lowest BCUT2D eigenvalue weighted by atomic mass is 10.00. The summed E-state index contributed by atoms with van der Waals surface area (Å²) in [6, 6.07) is 0. The van der Waals surface area contributed by atoms with Gasteiger partial charge in [-0.05, 0) is 44.2 Å². The van der Waals surface area contributed by atoms with E-state index in [9.17, 15) is 0 Å². The van der Waals surface area contributed by atoms with Crippen LogP contribution in [0.1, 0.15) is 60.8 Å². The third kappa shape index (κ3) is 1.54. The van der Waals surface area contributed by atoms with E-state index >= 15 is 0 Å². The highest BCUT2D eigenvalue weighted by Crippen LogP contribution is 2.41. The topological polar surface area (TPSA) is 51.8 Å². The van der Waals surface area contributed by atoms with Crippen molar-refractivity contribution in [1.29, 1.82) is 0 Å². The maximum absolute atomic E-state index is 5.83. The zero-order chi connectivity index (χ0) is 11.1. The summed E-state index contributed by atoms with van der Waals surface area (Å²) in [4.78, 5) is 9.51. The zero-order valence-electron chi connectivity index (χ0n) is 9.87. The van der Waals surface area contributed by atoms with Gasteiger partial charge in [-0.15, -0.1) is 0 Å². The van der Waals surface area contributed by atoms with Crippen molar-refractivity contribution in [1.82, 2.24) is 9.97 Å². The van der Waals surface area contributed by atoms with Crippen LogP contribution in [0.3, 0.4) is 0 Å². The van der Waals surface area contributed by atoms with Crippen molar-refractivity contribution >= 4 is 0 Å². The first-order valence-electron chi connectivity index (χ1n) is 6.43. The Kier molecular flexibility index (Phi) is 2.43. The van der Waals surface area contributed by atoms with Gasteiger partial charge in [-0.3, -0.25) is 0 Å². The van der Waals surface area contributed by atoms with Crippen molar-refractivity contribution in [2.24, 2.45) is 5.73 Å². The normalized spacial score (nSPS) is 23.5. The molecule has 2 aliphatic carbocycles. The molecule has 0 aliphatic heterocycles. The largest absolute Gasteiger partial charge is 0.330 e. The summed E-state index contributed by atoms with van der Waals surface area (Å²) in [6.07, 6.45) is 5.85. The first kappa shape index (κ1) is 10.2. The molecule has 2 N–H and O–H groups in total. The molecular formula is C13H19N3. The number of fused-ring (bicyclic) bond motifs is 1. The van der Waals surface area contributed by atoms with Gasteiger partial charge in [0.2, 0.25) is 0 Å². The van der Waals surface area contributed by atoms with Crippen molar-refractivity contribution in [2.75, 3.05) is 6.54 Å². The second kappa shape index (κ2) is 3.81. The van der Waals surface area contributed by atoms with Crippen LogP contribution in [0.2, 0.25) is 0 Å². The highest BCUT2D eigenvalue weighted by molar-refractivity contribution is 5.35. The van der Waals surface area contributed by atoms with Crippen LogP contribution in [-0.2, 0) is 12.8 Å². The minimum Gasteiger partial charge on any atom is -0.330 e. The summed E-state index contributed by atoms with van der Waals surface area (Å²) in [6.45, 7) is 2.93. The molecule has 0 amide bonds. The van der Waals surface area contributed by atoms with E-state index in [0.717, 1.165) is 25.2 Å². The maximum atomic E-state index is 5.83. The van der Waals surface area contributed by atoms with Gasteiger partial charge < -0.3 is 5.73 Å². The molecule has 1 heterocycles. The molecule has 0 radical (unpaired) electrons. The molecule has 0 aromatic carbocycles. The lowest BCUT2D eigenvalue weighted by Gasteiger charge is -2.13. The average Bonchev–Trinajstić information content (AvgIpc) is 3.08. The Morgan fingerprint density at radius 2 is 2.06 bits per heavy atom. The Bertz CT molecular complexity index is 410. The van der Waals surface area contributed by atoms with Crippen molar-refractivity contribution in [3.05, 3.63) is 22.8 Å². The molecule has 1 atom stereocenters. The Labute approximate surface area is 96.5 Å². The summed E-state index contributed by atoms with van der Waals surface area (Å²) in [5.41, 5.74) is 9.77. The van der Waals surface area contributed by atoms with Crippen LogP contribution in [0, 0.1) is 0 Å². The van der Waals surface area contributed by atoms with Gasteiger partial charge in [0.05, 0.1) is 0 Å². The van der Waals surface area contributed by atoms with Gasteiger partial charge in [0.1, 0.15) is 5.82 Å². The molecule has 1 fully saturated rings. The number of nitrogens with zero attached hydrogens (tertiary/aromatic N) is 2. The molecular weight excluding hydrogens is 198 g/mol. The van der Waals surface area contributed by atoms with Gasteiger partial charge in [-0.25, -0.2) is 9.97 Å². The fourth-order valence-corrected chi connectivity index (χ4v) is 2.73. The highest BCUT2D eigenvalue weighted by atomic mass is 14.9. The van der Waals surface area contributed by atoms with Crippen molar-refractivity contribution < 1.29 is 0 Å². The van der Waals surface area contributed by atoms with Gasteiger partial charge in [-0.2, -0.15) is 0 Å². The fraction of sp³-hybridized carbons (Fsp3) is 0.692. The van der Waals surface area contributed by atoms with Crippen LogP contribution in [0.25, 0.3) is 0 Å². The zero-order valence-corrected chi connectivity index (χ0v) is 9.87. The smallest absolute Gasteiger partial charge is 0.131 e. The molecule has 1 aromatic heterocycles. The molecule has 1 unspecified atom stereocenters. The quantitative estimate of drug-likeness (QED) is 0.841. The molecule has 0 saturated heterocycles. The maximum Gasteiger partial charge on any atom is 0.131 e. The van der Waals surface area contributed by atoms with Gasteiger partial charge in [0.15, 0.2) is 0 Å². The summed E-state index contributed by atoms with van der Waals surface area (Å²) in [5.74, 6) is 2.28. The summed E-state index contributed by atoms with van der Waals surface area (Å²) in [7, 11) is 0. The van der Waals surface area contributed by atoms with Crippen LogP contribution >= 0.6 is 0 Å². The van der Waals surface area contributed by atoms with Gasteiger partial charge in [0.25, 0.3) is 0 Å². The Hall–Kier alpha value is -0.960. The van der Waals surface area contributed by atoms with E-state index in [2.05, 4.69) is 6.92 Å². The van der Waals surface area contributed by atoms with E-state index in [0.29, 0.717) is 11.8 Å². The van der Waals surface area contributed by atoms with Crippen LogP contribution in [0.15, 0.2) is 0 Å². The Morgan fingerprint density at radius 1 is 1.25 bits per heavy atom. The van der Waals surface area contributed by atoms with Crippen molar-refractivity contribution in [3.63, 3.8) is 0 Å². The molecule has 1 saturated carbocycles. The lowest BCUT2D eigenvalue weighted by Crippen LogP contribution is -2.13. The third-order valence-electron chi connectivity index (χ3n) is 3.82. The van der Waals surface area contributed by atoms with Crippen molar-refractivity contribution in [2.45, 2.75) is 50.9 Å². The number of hydrogen-bond donors (Lipinski definition) is 1. The minimum absolute atomic E-state index is 0.512. The van der Waals surface area contributed by atoms with E-state index in [1.165, 1.54) is 36.2 Å². The monoisotopic (exact) mass is 217 g/mol. The predicted molar refractivity (Wildman–Crippen MR) is 63.5 cm³/mol. The SMILES string of the molecule is CCc1nc(C2CC2)nc2c1C(CN)CC2. The van der Waals surface area contributed by atoms with E-state index in [4.69, 9.17) is 15.7 Å². The number of aryl methyl sites for hydroxylation is 2. The molecule has 3 rings (SSSR count). The lowest BCUT2D eigenvalue weighted by molar-refractivity contribution is 0.679. The van der Waals surface area contributed by atoms with Crippen LogP contribution in [-0.4, -0.2) is 16.5 Å². The standard InChI is InChI=1S/C13H19N3/c1-2-10-12-9(7-14)5-6-11(12)16-13(15-10)8-3-4-8/h8-9H,2-7,14H2,1H3. The summed E-state index contributed by atoms with van der Waals surface area (Å²) < 4.78 is 0. The second-order valence-electron chi connectivity index (χ2n) is 4.99. The van der Waals surface area contributed by atoms with Crippen molar-refractivity contribution in [3.8, 4) is 0 Å². The fourth-order valence-electron chi connectivity index (χ4n) is 2.73. The highest BCUT2D eigenvalue weighted by Gasteiger charge is 2.31. The molecule has 3 nitrogen and oxygen atoms in total. The van der Waals surface area contributed by atoms with E-state index in [1.54, 1.807) is 0 Å². The molecule has 0 bridgehead atoms. The Balaban J connectivity index is 2.06.